The summed E-state index contributed by atoms with van der Waals surface area (Å²) in [5, 5.41) is 0.474. The summed E-state index contributed by atoms with van der Waals surface area (Å²) >= 11 is 5.93. The fourth-order valence-corrected chi connectivity index (χ4v) is 2.11. The number of aryl methyl sites for hydroxylation is 1. The van der Waals surface area contributed by atoms with Crippen LogP contribution in [0.4, 0.5) is 5.82 Å². The number of nitrogens with zero attached hydrogens (tertiary/aromatic N) is 3. The molecule has 1 aliphatic heterocycles. The number of halogens is 1. The summed E-state index contributed by atoms with van der Waals surface area (Å²) in [6, 6.07) is 1.78. The first-order valence-electron chi connectivity index (χ1n) is 5.55. The summed E-state index contributed by atoms with van der Waals surface area (Å²) in [5.74, 6) is 1.54. The molecule has 1 fully saturated rings. The van der Waals surface area contributed by atoms with Crippen LogP contribution in [0.2, 0.25) is 5.15 Å². The van der Waals surface area contributed by atoms with Gasteiger partial charge in [-0.15, -0.1) is 0 Å². The standard InChI is InChI=1S/C11H16ClN3O2/c1-8-13-10(12)5-11(14-8)15-3-4-17-9(6-15)7-16-2/h5,9H,3-4,6-7H2,1-2H3/t9-/m1/s1. The molecular formula is C11H16ClN3O2. The SMILES string of the molecule is COC[C@H]1CN(c2cc(Cl)nc(C)n2)CCO1. The number of anilines is 1. The largest absolute Gasteiger partial charge is 0.382 e. The highest BCUT2D eigenvalue weighted by molar-refractivity contribution is 6.29. The summed E-state index contributed by atoms with van der Waals surface area (Å²) in [5.41, 5.74) is 0. The summed E-state index contributed by atoms with van der Waals surface area (Å²) in [6.45, 7) is 4.68. The van der Waals surface area contributed by atoms with Crippen LogP contribution in [0, 0.1) is 6.92 Å². The van der Waals surface area contributed by atoms with Crippen LogP contribution in [-0.2, 0) is 9.47 Å². The minimum Gasteiger partial charge on any atom is -0.382 e. The van der Waals surface area contributed by atoms with Crippen molar-refractivity contribution < 1.29 is 9.47 Å². The summed E-state index contributed by atoms with van der Waals surface area (Å²) < 4.78 is 10.7. The van der Waals surface area contributed by atoms with E-state index in [-0.39, 0.29) is 6.10 Å². The van der Waals surface area contributed by atoms with Crippen molar-refractivity contribution in [1.29, 1.82) is 0 Å². The van der Waals surface area contributed by atoms with Gasteiger partial charge in [0.25, 0.3) is 0 Å². The summed E-state index contributed by atoms with van der Waals surface area (Å²) in [6.07, 6.45) is 0.0859. The molecule has 0 saturated carbocycles. The Hall–Kier alpha value is -0.910. The molecule has 5 nitrogen and oxygen atoms in total. The lowest BCUT2D eigenvalue weighted by atomic mass is 10.3. The lowest BCUT2D eigenvalue weighted by molar-refractivity contribution is -0.0102. The molecule has 0 amide bonds. The van der Waals surface area contributed by atoms with E-state index in [0.717, 1.165) is 18.9 Å². The molecule has 94 valence electrons. The number of hydrogen-bond donors (Lipinski definition) is 0. The molecule has 17 heavy (non-hydrogen) atoms. The fourth-order valence-electron chi connectivity index (χ4n) is 1.89. The maximum Gasteiger partial charge on any atom is 0.134 e. The van der Waals surface area contributed by atoms with Gasteiger partial charge in [0.2, 0.25) is 0 Å². The Balaban J connectivity index is 2.10. The van der Waals surface area contributed by atoms with Gasteiger partial charge < -0.3 is 14.4 Å². The monoisotopic (exact) mass is 257 g/mol. The van der Waals surface area contributed by atoms with Crippen molar-refractivity contribution >= 4 is 17.4 Å². The first kappa shape index (κ1) is 12.5. The minimum absolute atomic E-state index is 0.0859. The van der Waals surface area contributed by atoms with E-state index in [4.69, 9.17) is 21.1 Å². The molecule has 0 aliphatic carbocycles. The van der Waals surface area contributed by atoms with Crippen LogP contribution in [0.3, 0.4) is 0 Å². The van der Waals surface area contributed by atoms with Crippen LogP contribution in [0.15, 0.2) is 6.07 Å². The first-order valence-corrected chi connectivity index (χ1v) is 5.93. The zero-order valence-electron chi connectivity index (χ0n) is 10.0. The molecular weight excluding hydrogens is 242 g/mol. The average molecular weight is 258 g/mol. The highest BCUT2D eigenvalue weighted by Gasteiger charge is 2.21. The van der Waals surface area contributed by atoms with Crippen molar-refractivity contribution in [1.82, 2.24) is 9.97 Å². The molecule has 2 heterocycles. The van der Waals surface area contributed by atoms with Gasteiger partial charge in [-0.2, -0.15) is 0 Å². The highest BCUT2D eigenvalue weighted by atomic mass is 35.5. The van der Waals surface area contributed by atoms with E-state index in [1.54, 1.807) is 13.2 Å². The molecule has 0 bridgehead atoms. The van der Waals surface area contributed by atoms with Crippen molar-refractivity contribution in [3.8, 4) is 0 Å². The molecule has 2 rings (SSSR count). The van der Waals surface area contributed by atoms with Gasteiger partial charge in [0.1, 0.15) is 16.8 Å². The third-order valence-electron chi connectivity index (χ3n) is 2.61. The van der Waals surface area contributed by atoms with Crippen LogP contribution in [-0.4, -0.2) is 49.5 Å². The van der Waals surface area contributed by atoms with Gasteiger partial charge in [0.05, 0.1) is 19.3 Å². The second-order valence-electron chi connectivity index (χ2n) is 3.99. The van der Waals surface area contributed by atoms with Gasteiger partial charge in [-0.3, -0.25) is 0 Å². The third-order valence-corrected chi connectivity index (χ3v) is 2.80. The van der Waals surface area contributed by atoms with E-state index in [1.807, 2.05) is 6.92 Å². The topological polar surface area (TPSA) is 47.5 Å². The Labute approximate surface area is 106 Å². The average Bonchev–Trinajstić information content (AvgIpc) is 2.28. The zero-order chi connectivity index (χ0) is 12.3. The van der Waals surface area contributed by atoms with Gasteiger partial charge in [0.15, 0.2) is 0 Å². The molecule has 0 unspecified atom stereocenters. The van der Waals surface area contributed by atoms with Crippen molar-refractivity contribution in [2.45, 2.75) is 13.0 Å². The lowest BCUT2D eigenvalue weighted by Gasteiger charge is -2.33. The molecule has 1 atom stereocenters. The number of morpholine rings is 1. The Kier molecular flexibility index (Phi) is 4.15. The van der Waals surface area contributed by atoms with Gasteiger partial charge >= 0.3 is 0 Å². The number of ether oxygens (including phenoxy) is 2. The van der Waals surface area contributed by atoms with Gasteiger partial charge in [-0.1, -0.05) is 11.6 Å². The Morgan fingerprint density at radius 2 is 2.41 bits per heavy atom. The highest BCUT2D eigenvalue weighted by Crippen LogP contribution is 2.18. The summed E-state index contributed by atoms with van der Waals surface area (Å²) in [4.78, 5) is 10.6. The maximum atomic E-state index is 5.93. The van der Waals surface area contributed by atoms with Crippen molar-refractivity contribution in [2.24, 2.45) is 0 Å². The zero-order valence-corrected chi connectivity index (χ0v) is 10.8. The van der Waals surface area contributed by atoms with E-state index >= 15 is 0 Å². The van der Waals surface area contributed by atoms with Gasteiger partial charge in [0, 0.05) is 26.3 Å². The predicted molar refractivity (Wildman–Crippen MR) is 65.6 cm³/mol. The van der Waals surface area contributed by atoms with Crippen LogP contribution in [0.5, 0.6) is 0 Å². The number of hydrogen-bond acceptors (Lipinski definition) is 5. The van der Waals surface area contributed by atoms with E-state index in [2.05, 4.69) is 14.9 Å². The molecule has 1 aromatic rings. The predicted octanol–water partition coefficient (Wildman–Crippen LogP) is 1.29. The molecule has 0 spiro atoms. The van der Waals surface area contributed by atoms with Crippen LogP contribution < -0.4 is 4.90 Å². The first-order chi connectivity index (χ1) is 8.19. The molecule has 1 aliphatic rings. The Morgan fingerprint density at radius 3 is 3.12 bits per heavy atom. The van der Waals surface area contributed by atoms with E-state index < -0.39 is 0 Å². The molecule has 0 radical (unpaired) electrons. The van der Waals surface area contributed by atoms with E-state index in [9.17, 15) is 0 Å². The van der Waals surface area contributed by atoms with Gasteiger partial charge in [-0.25, -0.2) is 9.97 Å². The second kappa shape index (κ2) is 5.62. The number of rotatable bonds is 3. The van der Waals surface area contributed by atoms with Crippen molar-refractivity contribution in [3.05, 3.63) is 17.0 Å². The van der Waals surface area contributed by atoms with Crippen LogP contribution in [0.1, 0.15) is 5.82 Å². The van der Waals surface area contributed by atoms with E-state index in [1.165, 1.54) is 0 Å². The summed E-state index contributed by atoms with van der Waals surface area (Å²) in [7, 11) is 1.67. The van der Waals surface area contributed by atoms with Crippen LogP contribution >= 0.6 is 11.6 Å². The minimum atomic E-state index is 0.0859. The molecule has 1 saturated heterocycles. The molecule has 6 heteroatoms. The molecule has 0 aromatic carbocycles. The van der Waals surface area contributed by atoms with Crippen molar-refractivity contribution in [2.75, 3.05) is 38.3 Å². The molecule has 0 N–H and O–H groups in total. The normalized spacial score (nSPS) is 20.6. The smallest absolute Gasteiger partial charge is 0.134 e. The third kappa shape index (κ3) is 3.28. The van der Waals surface area contributed by atoms with Crippen LogP contribution in [0.25, 0.3) is 0 Å². The van der Waals surface area contributed by atoms with Crippen molar-refractivity contribution in [3.63, 3.8) is 0 Å². The lowest BCUT2D eigenvalue weighted by Crippen LogP contribution is -2.44. The van der Waals surface area contributed by atoms with E-state index in [0.29, 0.717) is 24.2 Å². The Morgan fingerprint density at radius 1 is 1.59 bits per heavy atom. The number of aromatic nitrogens is 2. The quantitative estimate of drug-likeness (QED) is 0.764. The maximum absolute atomic E-state index is 5.93. The fraction of sp³-hybridized carbons (Fsp3) is 0.636. The molecule has 1 aromatic heterocycles. The van der Waals surface area contributed by atoms with Gasteiger partial charge in [-0.05, 0) is 6.92 Å². The Bertz CT molecular complexity index is 367. The number of methoxy groups -OCH3 is 1. The second-order valence-corrected chi connectivity index (χ2v) is 4.38.